The largest absolute Gasteiger partial charge is 0.477 e. The molecule has 0 unspecified atom stereocenters. The zero-order valence-electron chi connectivity index (χ0n) is 12.1. The van der Waals surface area contributed by atoms with Crippen molar-refractivity contribution in [2.45, 2.75) is 20.8 Å². The molecule has 0 spiro atoms. The molecule has 0 saturated heterocycles. The van der Waals surface area contributed by atoms with Crippen LogP contribution in [0, 0.1) is 20.8 Å². The number of hydrogen-bond acceptors (Lipinski definition) is 2. The average molecular weight is 287 g/mol. The van der Waals surface area contributed by atoms with E-state index in [4.69, 9.17) is 5.11 Å². The second-order valence-corrected chi connectivity index (χ2v) is 5.00. The van der Waals surface area contributed by atoms with Gasteiger partial charge in [-0.05, 0) is 50.1 Å². The summed E-state index contributed by atoms with van der Waals surface area (Å²) in [4.78, 5) is 25.7. The van der Waals surface area contributed by atoms with Gasteiger partial charge in [-0.2, -0.15) is 0 Å². The number of carboxylic acids is 1. The maximum absolute atomic E-state index is 12.0. The predicted octanol–water partition coefficient (Wildman–Crippen LogP) is 3.28. The van der Waals surface area contributed by atoms with Gasteiger partial charge >= 0.3 is 12.0 Å². The smallest absolute Gasteiger partial charge is 0.354 e. The van der Waals surface area contributed by atoms with E-state index < -0.39 is 12.0 Å². The van der Waals surface area contributed by atoms with Crippen molar-refractivity contribution in [1.82, 2.24) is 4.98 Å². The molecule has 2 aromatic rings. The van der Waals surface area contributed by atoms with Crippen LogP contribution in [-0.2, 0) is 0 Å². The van der Waals surface area contributed by atoms with Gasteiger partial charge in [0.1, 0.15) is 5.69 Å². The van der Waals surface area contributed by atoms with Crippen LogP contribution in [0.4, 0.5) is 16.2 Å². The fourth-order valence-corrected chi connectivity index (χ4v) is 2.19. The first-order valence-corrected chi connectivity index (χ1v) is 6.44. The highest BCUT2D eigenvalue weighted by molar-refractivity contribution is 6.04. The van der Waals surface area contributed by atoms with Gasteiger partial charge in [-0.25, -0.2) is 9.59 Å². The van der Waals surface area contributed by atoms with E-state index in [1.54, 1.807) is 13.0 Å². The summed E-state index contributed by atoms with van der Waals surface area (Å²) in [5.41, 5.74) is 3.59. The highest BCUT2D eigenvalue weighted by atomic mass is 16.4. The third kappa shape index (κ3) is 3.62. The highest BCUT2D eigenvalue weighted by Crippen LogP contribution is 2.18. The Bertz CT molecular complexity index is 684. The van der Waals surface area contributed by atoms with E-state index in [2.05, 4.69) is 15.6 Å². The van der Waals surface area contributed by atoms with E-state index in [0.29, 0.717) is 11.4 Å². The molecule has 2 rings (SSSR count). The number of hydrogen-bond donors (Lipinski definition) is 4. The van der Waals surface area contributed by atoms with Crippen LogP contribution in [0.25, 0.3) is 0 Å². The van der Waals surface area contributed by atoms with Gasteiger partial charge in [-0.1, -0.05) is 6.07 Å². The Labute approximate surface area is 122 Å². The summed E-state index contributed by atoms with van der Waals surface area (Å²) < 4.78 is 0. The van der Waals surface area contributed by atoms with Crippen LogP contribution in [0.15, 0.2) is 24.3 Å². The average Bonchev–Trinajstić information content (AvgIpc) is 2.68. The zero-order valence-corrected chi connectivity index (χ0v) is 12.1. The number of anilines is 2. The van der Waals surface area contributed by atoms with E-state index in [1.807, 2.05) is 32.0 Å². The molecule has 4 N–H and O–H groups in total. The molecule has 0 aliphatic rings. The molecule has 0 aliphatic carbocycles. The molecule has 1 heterocycles. The van der Waals surface area contributed by atoms with Crippen LogP contribution in [0.3, 0.4) is 0 Å². The van der Waals surface area contributed by atoms with Crippen molar-refractivity contribution in [3.8, 4) is 0 Å². The Balaban J connectivity index is 2.13. The third-order valence-corrected chi connectivity index (χ3v) is 2.89. The van der Waals surface area contributed by atoms with Crippen molar-refractivity contribution < 1.29 is 14.7 Å². The van der Waals surface area contributed by atoms with E-state index in [1.165, 1.54) is 0 Å². The van der Waals surface area contributed by atoms with Crippen LogP contribution < -0.4 is 10.6 Å². The number of aromatic nitrogens is 1. The van der Waals surface area contributed by atoms with Gasteiger partial charge < -0.3 is 20.7 Å². The number of aryl methyl sites for hydroxylation is 3. The molecule has 6 heteroatoms. The number of carbonyl (C=O) groups excluding carboxylic acids is 1. The summed E-state index contributed by atoms with van der Waals surface area (Å²) in [7, 11) is 0. The third-order valence-electron chi connectivity index (χ3n) is 2.89. The molecule has 1 aromatic heterocycles. The first-order valence-electron chi connectivity index (χ1n) is 6.44. The minimum atomic E-state index is -1.12. The van der Waals surface area contributed by atoms with Crippen LogP contribution in [0.5, 0.6) is 0 Å². The summed E-state index contributed by atoms with van der Waals surface area (Å²) in [6.45, 7) is 5.60. The predicted molar refractivity (Wildman–Crippen MR) is 81.0 cm³/mol. The first-order chi connectivity index (χ1) is 9.85. The van der Waals surface area contributed by atoms with E-state index in [-0.39, 0.29) is 11.4 Å². The highest BCUT2D eigenvalue weighted by Gasteiger charge is 2.15. The molecule has 0 bridgehead atoms. The molecule has 0 aliphatic heterocycles. The number of H-pyrrole nitrogens is 1. The molecule has 2 amide bonds. The number of urea groups is 1. The molecule has 21 heavy (non-hydrogen) atoms. The van der Waals surface area contributed by atoms with Crippen LogP contribution >= 0.6 is 0 Å². The van der Waals surface area contributed by atoms with Gasteiger partial charge in [0.15, 0.2) is 0 Å². The Morgan fingerprint density at radius 2 is 1.62 bits per heavy atom. The molecular formula is C15H17N3O3. The summed E-state index contributed by atoms with van der Waals surface area (Å²) >= 11 is 0. The monoisotopic (exact) mass is 287 g/mol. The van der Waals surface area contributed by atoms with Gasteiger partial charge in [0.25, 0.3) is 0 Å². The van der Waals surface area contributed by atoms with Crippen molar-refractivity contribution in [2.75, 3.05) is 10.6 Å². The number of nitrogens with one attached hydrogen (secondary N) is 3. The second kappa shape index (κ2) is 5.70. The number of carboxylic acid groups (broad SMARTS) is 1. The summed E-state index contributed by atoms with van der Waals surface area (Å²) in [6, 6.07) is 6.77. The maximum atomic E-state index is 12.0. The maximum Gasteiger partial charge on any atom is 0.354 e. The minimum absolute atomic E-state index is 0.0388. The lowest BCUT2D eigenvalue weighted by Gasteiger charge is -2.09. The van der Waals surface area contributed by atoms with Crippen molar-refractivity contribution >= 4 is 23.4 Å². The van der Waals surface area contributed by atoms with Gasteiger partial charge in [0.2, 0.25) is 0 Å². The van der Waals surface area contributed by atoms with Gasteiger partial charge in [0.05, 0.1) is 5.69 Å². The Hall–Kier alpha value is -2.76. The number of benzene rings is 1. The number of carbonyl (C=O) groups is 2. The van der Waals surface area contributed by atoms with Crippen LogP contribution in [0.1, 0.15) is 27.3 Å². The Morgan fingerprint density at radius 3 is 2.19 bits per heavy atom. The lowest BCUT2D eigenvalue weighted by Crippen LogP contribution is -2.20. The minimum Gasteiger partial charge on any atom is -0.477 e. The van der Waals surface area contributed by atoms with E-state index >= 15 is 0 Å². The summed E-state index contributed by atoms with van der Waals surface area (Å²) in [6.07, 6.45) is 0. The summed E-state index contributed by atoms with van der Waals surface area (Å²) in [5.74, 6) is -1.12. The first kappa shape index (κ1) is 14.6. The van der Waals surface area contributed by atoms with Gasteiger partial charge in [-0.3, -0.25) is 0 Å². The molecule has 6 nitrogen and oxygen atoms in total. The standard InChI is InChI=1S/C15H17N3O3/c1-8-4-9(2)6-11(5-8)17-15(21)18-12-7-10(3)16-13(12)14(19)20/h4-7,16H,1-3H3,(H,19,20)(H2,17,18,21). The molecule has 0 radical (unpaired) electrons. The summed E-state index contributed by atoms with van der Waals surface area (Å²) in [5, 5.41) is 14.3. The lowest BCUT2D eigenvalue weighted by atomic mass is 10.1. The fraction of sp³-hybridized carbons (Fsp3) is 0.200. The Kier molecular flexibility index (Phi) is 3.98. The van der Waals surface area contributed by atoms with Crippen molar-refractivity contribution in [3.63, 3.8) is 0 Å². The van der Waals surface area contributed by atoms with Gasteiger partial charge in [0, 0.05) is 11.4 Å². The van der Waals surface area contributed by atoms with Crippen LogP contribution in [0.2, 0.25) is 0 Å². The number of aromatic amines is 1. The molecule has 0 fully saturated rings. The van der Waals surface area contributed by atoms with Crippen molar-refractivity contribution in [3.05, 3.63) is 46.8 Å². The molecule has 0 atom stereocenters. The number of rotatable bonds is 3. The number of aromatic carboxylic acids is 1. The fourth-order valence-electron chi connectivity index (χ4n) is 2.19. The SMILES string of the molecule is Cc1cc(C)cc(NC(=O)Nc2cc(C)[nH]c2C(=O)O)c1. The van der Waals surface area contributed by atoms with Crippen LogP contribution in [-0.4, -0.2) is 22.1 Å². The Morgan fingerprint density at radius 1 is 1.00 bits per heavy atom. The number of amides is 2. The molecule has 0 saturated carbocycles. The zero-order chi connectivity index (χ0) is 15.6. The van der Waals surface area contributed by atoms with Crippen molar-refractivity contribution in [1.29, 1.82) is 0 Å². The molecule has 110 valence electrons. The van der Waals surface area contributed by atoms with E-state index in [0.717, 1.165) is 11.1 Å². The van der Waals surface area contributed by atoms with E-state index in [9.17, 15) is 9.59 Å². The molecular weight excluding hydrogens is 270 g/mol. The topological polar surface area (TPSA) is 94.2 Å². The van der Waals surface area contributed by atoms with Gasteiger partial charge in [-0.15, -0.1) is 0 Å². The molecule has 1 aromatic carbocycles. The van der Waals surface area contributed by atoms with Crippen molar-refractivity contribution in [2.24, 2.45) is 0 Å². The lowest BCUT2D eigenvalue weighted by molar-refractivity contribution is 0.0692. The second-order valence-electron chi connectivity index (χ2n) is 5.00. The normalized spacial score (nSPS) is 10.2. The quantitative estimate of drug-likeness (QED) is 0.697.